The molecule has 0 aliphatic heterocycles. The number of benzene rings is 1. The van der Waals surface area contributed by atoms with Crippen LogP contribution in [0.25, 0.3) is 0 Å². The minimum atomic E-state index is -1.02. The number of hydrogen-bond donors (Lipinski definition) is 2. The highest BCUT2D eigenvalue weighted by Gasteiger charge is 2.00. The van der Waals surface area contributed by atoms with Gasteiger partial charge in [0.05, 0.1) is 6.10 Å². The maximum Gasteiger partial charge on any atom is 0.404 e. The molecular weight excluding hydrogens is 194 g/mol. The third kappa shape index (κ3) is 4.35. The summed E-state index contributed by atoms with van der Waals surface area (Å²) in [6, 6.07) is 7.37. The molecule has 0 fully saturated rings. The van der Waals surface area contributed by atoms with E-state index in [1.165, 1.54) is 0 Å². The molecule has 0 saturated heterocycles. The first-order valence-corrected chi connectivity index (χ1v) is 4.80. The Morgan fingerprint density at radius 3 is 2.87 bits per heavy atom. The summed E-state index contributed by atoms with van der Waals surface area (Å²) < 4.78 is 5.49. The van der Waals surface area contributed by atoms with Crippen molar-refractivity contribution in [2.45, 2.75) is 26.5 Å². The molecule has 4 heteroatoms. The Morgan fingerprint density at radius 1 is 1.53 bits per heavy atom. The largest absolute Gasteiger partial charge is 0.491 e. The topological polar surface area (TPSA) is 58.6 Å². The quantitative estimate of drug-likeness (QED) is 0.799. The Balaban J connectivity index is 2.61. The van der Waals surface area contributed by atoms with Crippen LogP contribution >= 0.6 is 0 Å². The molecule has 0 aliphatic carbocycles. The lowest BCUT2D eigenvalue weighted by Crippen LogP contribution is -2.19. The van der Waals surface area contributed by atoms with E-state index in [0.717, 1.165) is 11.3 Å². The summed E-state index contributed by atoms with van der Waals surface area (Å²) in [6.07, 6.45) is -0.905. The monoisotopic (exact) mass is 209 g/mol. The van der Waals surface area contributed by atoms with E-state index in [1.807, 2.05) is 38.1 Å². The van der Waals surface area contributed by atoms with Gasteiger partial charge in [-0.05, 0) is 31.5 Å². The van der Waals surface area contributed by atoms with Crippen LogP contribution in [0.15, 0.2) is 24.3 Å². The van der Waals surface area contributed by atoms with Gasteiger partial charge in [0.15, 0.2) is 0 Å². The fraction of sp³-hybridized carbons (Fsp3) is 0.364. The Morgan fingerprint density at radius 2 is 2.27 bits per heavy atom. The van der Waals surface area contributed by atoms with Crippen LogP contribution in [0.1, 0.15) is 19.4 Å². The van der Waals surface area contributed by atoms with Crippen molar-refractivity contribution in [2.24, 2.45) is 0 Å². The zero-order valence-corrected chi connectivity index (χ0v) is 8.86. The van der Waals surface area contributed by atoms with Gasteiger partial charge in [-0.1, -0.05) is 12.1 Å². The van der Waals surface area contributed by atoms with Crippen molar-refractivity contribution < 1.29 is 14.6 Å². The molecule has 0 unspecified atom stereocenters. The average molecular weight is 209 g/mol. The van der Waals surface area contributed by atoms with Crippen molar-refractivity contribution in [2.75, 3.05) is 0 Å². The zero-order valence-electron chi connectivity index (χ0n) is 8.86. The minimum absolute atomic E-state index is 0.118. The summed E-state index contributed by atoms with van der Waals surface area (Å²) in [5.41, 5.74) is 0.885. The van der Waals surface area contributed by atoms with E-state index in [4.69, 9.17) is 9.84 Å². The Hall–Kier alpha value is -1.71. The Bertz CT molecular complexity index is 336. The summed E-state index contributed by atoms with van der Waals surface area (Å²) >= 11 is 0. The lowest BCUT2D eigenvalue weighted by molar-refractivity contribution is 0.194. The van der Waals surface area contributed by atoms with Gasteiger partial charge in [0, 0.05) is 6.54 Å². The van der Waals surface area contributed by atoms with Crippen LogP contribution in [0.5, 0.6) is 5.75 Å². The van der Waals surface area contributed by atoms with Gasteiger partial charge in [0.1, 0.15) is 5.75 Å². The number of ether oxygens (including phenoxy) is 1. The molecule has 2 N–H and O–H groups in total. The van der Waals surface area contributed by atoms with Gasteiger partial charge in [-0.3, -0.25) is 0 Å². The lowest BCUT2D eigenvalue weighted by atomic mass is 10.2. The van der Waals surface area contributed by atoms with Crippen molar-refractivity contribution in [3.8, 4) is 5.75 Å². The second-order valence-electron chi connectivity index (χ2n) is 3.47. The van der Waals surface area contributed by atoms with Crippen LogP contribution in [0, 0.1) is 0 Å². The molecule has 1 amide bonds. The van der Waals surface area contributed by atoms with Crippen molar-refractivity contribution in [1.82, 2.24) is 5.32 Å². The van der Waals surface area contributed by atoms with Gasteiger partial charge < -0.3 is 15.2 Å². The normalized spacial score (nSPS) is 10.1. The minimum Gasteiger partial charge on any atom is -0.491 e. The predicted octanol–water partition coefficient (Wildman–Crippen LogP) is 2.24. The molecule has 4 nitrogen and oxygen atoms in total. The maximum atomic E-state index is 10.3. The fourth-order valence-electron chi connectivity index (χ4n) is 1.18. The number of hydrogen-bond acceptors (Lipinski definition) is 2. The van der Waals surface area contributed by atoms with Crippen LogP contribution in [0.4, 0.5) is 4.79 Å². The summed E-state index contributed by atoms with van der Waals surface area (Å²) in [4.78, 5) is 10.3. The third-order valence-corrected chi connectivity index (χ3v) is 1.71. The Kier molecular flexibility index (Phi) is 3.97. The molecule has 0 heterocycles. The van der Waals surface area contributed by atoms with Gasteiger partial charge >= 0.3 is 6.09 Å². The van der Waals surface area contributed by atoms with Crippen LogP contribution in [-0.2, 0) is 6.54 Å². The number of carboxylic acid groups (broad SMARTS) is 1. The van der Waals surface area contributed by atoms with Crippen LogP contribution in [0.3, 0.4) is 0 Å². The number of carbonyl (C=O) groups is 1. The highest BCUT2D eigenvalue weighted by molar-refractivity contribution is 5.64. The smallest absolute Gasteiger partial charge is 0.404 e. The maximum absolute atomic E-state index is 10.3. The van der Waals surface area contributed by atoms with E-state index in [2.05, 4.69) is 5.32 Å². The fourth-order valence-corrected chi connectivity index (χ4v) is 1.18. The van der Waals surface area contributed by atoms with Crippen molar-refractivity contribution in [3.05, 3.63) is 29.8 Å². The zero-order chi connectivity index (χ0) is 11.3. The standard InChI is InChI=1S/C11H15NO3/c1-8(2)15-10-5-3-4-9(6-10)7-12-11(13)14/h3-6,8,12H,7H2,1-2H3,(H,13,14). The van der Waals surface area contributed by atoms with Crippen LogP contribution in [-0.4, -0.2) is 17.3 Å². The predicted molar refractivity (Wildman–Crippen MR) is 57.1 cm³/mol. The van der Waals surface area contributed by atoms with E-state index in [-0.39, 0.29) is 6.10 Å². The van der Waals surface area contributed by atoms with Gasteiger partial charge in [-0.2, -0.15) is 0 Å². The third-order valence-electron chi connectivity index (χ3n) is 1.71. The van der Waals surface area contributed by atoms with Gasteiger partial charge in [-0.25, -0.2) is 4.79 Å². The molecule has 1 aromatic carbocycles. The molecule has 0 aliphatic rings. The van der Waals surface area contributed by atoms with Gasteiger partial charge in [-0.15, -0.1) is 0 Å². The van der Waals surface area contributed by atoms with Crippen LogP contribution < -0.4 is 10.1 Å². The summed E-state index contributed by atoms with van der Waals surface area (Å²) in [7, 11) is 0. The van der Waals surface area contributed by atoms with E-state index >= 15 is 0 Å². The molecule has 0 radical (unpaired) electrons. The van der Waals surface area contributed by atoms with Crippen molar-refractivity contribution >= 4 is 6.09 Å². The van der Waals surface area contributed by atoms with Gasteiger partial charge in [0.2, 0.25) is 0 Å². The molecule has 0 atom stereocenters. The molecule has 0 aromatic heterocycles. The number of rotatable bonds is 4. The van der Waals surface area contributed by atoms with E-state index in [1.54, 1.807) is 0 Å². The highest BCUT2D eigenvalue weighted by atomic mass is 16.5. The van der Waals surface area contributed by atoms with Crippen molar-refractivity contribution in [3.63, 3.8) is 0 Å². The van der Waals surface area contributed by atoms with E-state index in [0.29, 0.717) is 6.54 Å². The average Bonchev–Trinajstić information content (AvgIpc) is 2.14. The Labute approximate surface area is 88.9 Å². The van der Waals surface area contributed by atoms with E-state index < -0.39 is 6.09 Å². The first kappa shape index (κ1) is 11.4. The summed E-state index contributed by atoms with van der Waals surface area (Å²) in [5, 5.41) is 10.8. The number of amides is 1. The first-order chi connectivity index (χ1) is 7.08. The molecule has 0 spiro atoms. The van der Waals surface area contributed by atoms with Crippen molar-refractivity contribution in [1.29, 1.82) is 0 Å². The summed E-state index contributed by atoms with van der Waals surface area (Å²) in [6.45, 7) is 4.19. The first-order valence-electron chi connectivity index (χ1n) is 4.80. The SMILES string of the molecule is CC(C)Oc1cccc(CNC(=O)O)c1. The number of nitrogens with one attached hydrogen (secondary N) is 1. The lowest BCUT2D eigenvalue weighted by Gasteiger charge is -2.10. The highest BCUT2D eigenvalue weighted by Crippen LogP contribution is 2.14. The van der Waals surface area contributed by atoms with Gasteiger partial charge in [0.25, 0.3) is 0 Å². The van der Waals surface area contributed by atoms with E-state index in [9.17, 15) is 4.79 Å². The summed E-state index contributed by atoms with van der Waals surface area (Å²) in [5.74, 6) is 0.759. The second-order valence-corrected chi connectivity index (χ2v) is 3.47. The second kappa shape index (κ2) is 5.24. The molecule has 0 bridgehead atoms. The molecule has 15 heavy (non-hydrogen) atoms. The molecular formula is C11H15NO3. The molecule has 0 saturated carbocycles. The van der Waals surface area contributed by atoms with Crippen LogP contribution in [0.2, 0.25) is 0 Å². The molecule has 1 aromatic rings. The molecule has 82 valence electrons. The molecule has 1 rings (SSSR count).